The van der Waals surface area contributed by atoms with Gasteiger partial charge < -0.3 is 19.5 Å². The van der Waals surface area contributed by atoms with Gasteiger partial charge in [0, 0.05) is 26.3 Å². The summed E-state index contributed by atoms with van der Waals surface area (Å²) in [6.07, 6.45) is 3.70. The lowest BCUT2D eigenvalue weighted by atomic mass is 9.97. The van der Waals surface area contributed by atoms with E-state index in [0.717, 1.165) is 39.1 Å². The molecule has 1 aromatic heterocycles. The molecule has 1 saturated heterocycles. The Morgan fingerprint density at radius 3 is 3.00 bits per heavy atom. The van der Waals surface area contributed by atoms with Crippen LogP contribution < -0.4 is 5.32 Å². The molecule has 0 aromatic carbocycles. The number of hydrogen-bond acceptors (Lipinski definition) is 5. The maximum atomic E-state index is 11.7. The van der Waals surface area contributed by atoms with E-state index >= 15 is 0 Å². The summed E-state index contributed by atoms with van der Waals surface area (Å²) >= 11 is 0. The van der Waals surface area contributed by atoms with Crippen LogP contribution in [0.2, 0.25) is 0 Å². The molecule has 0 atom stereocenters. The molecule has 6 nitrogen and oxygen atoms in total. The van der Waals surface area contributed by atoms with E-state index in [2.05, 4.69) is 15.4 Å². The van der Waals surface area contributed by atoms with Crippen LogP contribution in [0.3, 0.4) is 0 Å². The van der Waals surface area contributed by atoms with Crippen LogP contribution in [0.15, 0.2) is 16.8 Å². The third kappa shape index (κ3) is 4.33. The molecular formula is C13H21N3O3. The minimum absolute atomic E-state index is 0.181. The topological polar surface area (TPSA) is 67.6 Å². The molecule has 6 heteroatoms. The number of nitrogens with zero attached hydrogens (tertiary/aromatic N) is 2. The standard InChI is InChI=1S/C13H21N3O3/c1-18-9-8-16-6-3-11(4-7-16)10-14-13(17)12-2-5-15-19-12/h2,5,11H,3-4,6-10H2,1H3,(H,14,17). The van der Waals surface area contributed by atoms with E-state index < -0.39 is 0 Å². The van der Waals surface area contributed by atoms with E-state index in [1.807, 2.05) is 0 Å². The number of rotatable bonds is 6. The number of hydrogen-bond donors (Lipinski definition) is 1. The maximum Gasteiger partial charge on any atom is 0.289 e. The van der Waals surface area contributed by atoms with Gasteiger partial charge in [-0.3, -0.25) is 4.79 Å². The average molecular weight is 267 g/mol. The second-order valence-corrected chi connectivity index (χ2v) is 4.86. The Labute approximate surface area is 113 Å². The van der Waals surface area contributed by atoms with Crippen LogP contribution in [-0.2, 0) is 4.74 Å². The van der Waals surface area contributed by atoms with Crippen LogP contribution >= 0.6 is 0 Å². The number of carbonyl (C=O) groups excluding carboxylic acids is 1. The summed E-state index contributed by atoms with van der Waals surface area (Å²) in [5.74, 6) is 0.641. The van der Waals surface area contributed by atoms with Crippen molar-refractivity contribution in [3.63, 3.8) is 0 Å². The van der Waals surface area contributed by atoms with Crippen LogP contribution in [0.4, 0.5) is 0 Å². The monoisotopic (exact) mass is 267 g/mol. The SMILES string of the molecule is COCCN1CCC(CNC(=O)c2ccno2)CC1. The Morgan fingerprint density at radius 1 is 1.58 bits per heavy atom. The Hall–Kier alpha value is -1.40. The zero-order valence-corrected chi connectivity index (χ0v) is 11.3. The van der Waals surface area contributed by atoms with Crippen molar-refractivity contribution >= 4 is 5.91 Å². The molecule has 1 aliphatic heterocycles. The van der Waals surface area contributed by atoms with E-state index in [1.165, 1.54) is 6.20 Å². The van der Waals surface area contributed by atoms with Gasteiger partial charge in [0.05, 0.1) is 12.8 Å². The molecule has 1 N–H and O–H groups in total. The predicted octanol–water partition coefficient (Wildman–Crippen LogP) is 0.763. The first-order valence-corrected chi connectivity index (χ1v) is 6.69. The van der Waals surface area contributed by atoms with Gasteiger partial charge in [0.15, 0.2) is 0 Å². The molecule has 2 heterocycles. The molecule has 1 aromatic rings. The minimum atomic E-state index is -0.181. The van der Waals surface area contributed by atoms with Crippen molar-refractivity contribution in [2.24, 2.45) is 5.92 Å². The first kappa shape index (κ1) is 14.0. The second kappa shape index (κ2) is 7.25. The highest BCUT2D eigenvalue weighted by atomic mass is 16.5. The van der Waals surface area contributed by atoms with Crippen LogP contribution in [0.25, 0.3) is 0 Å². The van der Waals surface area contributed by atoms with Gasteiger partial charge in [-0.05, 0) is 31.8 Å². The summed E-state index contributed by atoms with van der Waals surface area (Å²) in [6.45, 7) is 4.64. The number of methoxy groups -OCH3 is 1. The van der Waals surface area contributed by atoms with E-state index in [0.29, 0.717) is 12.5 Å². The number of nitrogens with one attached hydrogen (secondary N) is 1. The van der Waals surface area contributed by atoms with Gasteiger partial charge in [0.2, 0.25) is 5.76 Å². The van der Waals surface area contributed by atoms with Gasteiger partial charge >= 0.3 is 0 Å². The lowest BCUT2D eigenvalue weighted by Gasteiger charge is -2.31. The molecular weight excluding hydrogens is 246 g/mol. The summed E-state index contributed by atoms with van der Waals surface area (Å²) in [5.41, 5.74) is 0. The van der Waals surface area contributed by atoms with E-state index in [1.54, 1.807) is 13.2 Å². The maximum absolute atomic E-state index is 11.7. The fourth-order valence-corrected chi connectivity index (χ4v) is 2.29. The van der Waals surface area contributed by atoms with Crippen LogP contribution in [0.1, 0.15) is 23.4 Å². The first-order chi connectivity index (χ1) is 9.29. The van der Waals surface area contributed by atoms with Gasteiger partial charge in [-0.1, -0.05) is 5.16 Å². The fourth-order valence-electron chi connectivity index (χ4n) is 2.29. The zero-order valence-electron chi connectivity index (χ0n) is 11.3. The van der Waals surface area contributed by atoms with Crippen LogP contribution in [0.5, 0.6) is 0 Å². The number of piperidine rings is 1. The number of ether oxygens (including phenoxy) is 1. The Kier molecular flexibility index (Phi) is 5.35. The summed E-state index contributed by atoms with van der Waals surface area (Å²) in [6, 6.07) is 1.57. The molecule has 2 rings (SSSR count). The number of likely N-dealkylation sites (tertiary alicyclic amines) is 1. The Morgan fingerprint density at radius 2 is 2.37 bits per heavy atom. The first-order valence-electron chi connectivity index (χ1n) is 6.69. The third-order valence-corrected chi connectivity index (χ3v) is 3.53. The van der Waals surface area contributed by atoms with E-state index in [4.69, 9.17) is 9.26 Å². The summed E-state index contributed by atoms with van der Waals surface area (Å²) in [4.78, 5) is 14.1. The van der Waals surface area contributed by atoms with E-state index in [-0.39, 0.29) is 11.7 Å². The predicted molar refractivity (Wildman–Crippen MR) is 69.9 cm³/mol. The Bertz CT molecular complexity index is 372. The molecule has 1 amide bonds. The lowest BCUT2D eigenvalue weighted by Crippen LogP contribution is -2.39. The molecule has 1 aliphatic rings. The highest BCUT2D eigenvalue weighted by Crippen LogP contribution is 2.16. The fraction of sp³-hybridized carbons (Fsp3) is 0.692. The molecule has 0 saturated carbocycles. The molecule has 106 valence electrons. The second-order valence-electron chi connectivity index (χ2n) is 4.86. The largest absolute Gasteiger partial charge is 0.383 e. The third-order valence-electron chi connectivity index (χ3n) is 3.53. The normalized spacial score (nSPS) is 17.5. The molecule has 0 bridgehead atoms. The molecule has 0 aliphatic carbocycles. The van der Waals surface area contributed by atoms with Crippen LogP contribution in [-0.4, -0.2) is 55.9 Å². The van der Waals surface area contributed by atoms with E-state index in [9.17, 15) is 4.79 Å². The lowest BCUT2D eigenvalue weighted by molar-refractivity contribution is 0.0890. The number of amides is 1. The van der Waals surface area contributed by atoms with Crippen molar-refractivity contribution < 1.29 is 14.1 Å². The summed E-state index contributed by atoms with van der Waals surface area (Å²) < 4.78 is 9.89. The summed E-state index contributed by atoms with van der Waals surface area (Å²) in [5, 5.41) is 6.42. The molecule has 0 radical (unpaired) electrons. The number of carbonyl (C=O) groups is 1. The molecule has 0 spiro atoms. The highest BCUT2D eigenvalue weighted by molar-refractivity contribution is 5.91. The summed E-state index contributed by atoms with van der Waals surface area (Å²) in [7, 11) is 1.73. The van der Waals surface area contributed by atoms with Gasteiger partial charge in [-0.2, -0.15) is 0 Å². The smallest absolute Gasteiger partial charge is 0.289 e. The van der Waals surface area contributed by atoms with Gasteiger partial charge in [-0.25, -0.2) is 0 Å². The van der Waals surface area contributed by atoms with Crippen molar-refractivity contribution in [2.75, 3.05) is 39.9 Å². The van der Waals surface area contributed by atoms with Gasteiger partial charge in [-0.15, -0.1) is 0 Å². The van der Waals surface area contributed by atoms with Gasteiger partial charge in [0.25, 0.3) is 5.91 Å². The molecule has 0 unspecified atom stereocenters. The number of aromatic nitrogens is 1. The van der Waals surface area contributed by atoms with Crippen molar-refractivity contribution in [3.8, 4) is 0 Å². The van der Waals surface area contributed by atoms with Crippen molar-refractivity contribution in [1.82, 2.24) is 15.4 Å². The highest BCUT2D eigenvalue weighted by Gasteiger charge is 2.20. The molecule has 19 heavy (non-hydrogen) atoms. The zero-order chi connectivity index (χ0) is 13.5. The quantitative estimate of drug-likeness (QED) is 0.824. The van der Waals surface area contributed by atoms with Crippen molar-refractivity contribution in [1.29, 1.82) is 0 Å². The van der Waals surface area contributed by atoms with Gasteiger partial charge in [0.1, 0.15) is 0 Å². The minimum Gasteiger partial charge on any atom is -0.383 e. The molecule has 1 fully saturated rings. The van der Waals surface area contributed by atoms with Crippen molar-refractivity contribution in [3.05, 3.63) is 18.0 Å². The van der Waals surface area contributed by atoms with Crippen LogP contribution in [0, 0.1) is 5.92 Å². The van der Waals surface area contributed by atoms with Crippen molar-refractivity contribution in [2.45, 2.75) is 12.8 Å². The average Bonchev–Trinajstić information content (AvgIpc) is 2.98. The Balaban J connectivity index is 1.64.